The molecular weight excluding hydrogens is 328 g/mol. The van der Waals surface area contributed by atoms with Crippen LogP contribution in [0.2, 0.25) is 0 Å². The van der Waals surface area contributed by atoms with Crippen LogP contribution in [0, 0.1) is 5.92 Å². The van der Waals surface area contributed by atoms with Crippen LogP contribution in [0.1, 0.15) is 31.4 Å². The fourth-order valence-electron chi connectivity index (χ4n) is 3.36. The minimum atomic E-state index is 0.616. The van der Waals surface area contributed by atoms with E-state index in [2.05, 4.69) is 52.1 Å². The highest BCUT2D eigenvalue weighted by molar-refractivity contribution is 9.10. The lowest BCUT2D eigenvalue weighted by Gasteiger charge is -2.36. The lowest BCUT2D eigenvalue weighted by molar-refractivity contribution is 0.161. The molecule has 1 aromatic carbocycles. The molecule has 1 fully saturated rings. The van der Waals surface area contributed by atoms with Crippen molar-refractivity contribution in [1.82, 2.24) is 10.2 Å². The van der Waals surface area contributed by atoms with E-state index in [1.807, 2.05) is 0 Å². The van der Waals surface area contributed by atoms with Crippen LogP contribution in [0.4, 0.5) is 0 Å². The fraction of sp³-hybridized carbons (Fsp3) is 0.647. The lowest BCUT2D eigenvalue weighted by atomic mass is 9.97. The van der Waals surface area contributed by atoms with Gasteiger partial charge in [0.25, 0.3) is 0 Å². The van der Waals surface area contributed by atoms with Crippen molar-refractivity contribution in [3.8, 4) is 5.75 Å². The van der Waals surface area contributed by atoms with Crippen molar-refractivity contribution in [3.05, 3.63) is 27.7 Å². The van der Waals surface area contributed by atoms with Crippen molar-refractivity contribution < 1.29 is 4.74 Å². The second kappa shape index (κ2) is 6.67. The number of nitrogens with zero attached hydrogens (tertiary/aromatic N) is 1. The van der Waals surface area contributed by atoms with Crippen LogP contribution in [0.25, 0.3) is 0 Å². The van der Waals surface area contributed by atoms with Crippen molar-refractivity contribution in [2.45, 2.75) is 39.3 Å². The summed E-state index contributed by atoms with van der Waals surface area (Å²) in [5.74, 6) is 1.87. The van der Waals surface area contributed by atoms with Gasteiger partial charge >= 0.3 is 0 Å². The number of halogens is 1. The highest BCUT2D eigenvalue weighted by Crippen LogP contribution is 2.34. The van der Waals surface area contributed by atoms with Gasteiger partial charge in [-0.15, -0.1) is 0 Å². The van der Waals surface area contributed by atoms with Crippen LogP contribution in [-0.2, 0) is 13.0 Å². The van der Waals surface area contributed by atoms with E-state index in [9.17, 15) is 0 Å². The molecule has 0 amide bonds. The van der Waals surface area contributed by atoms with Crippen LogP contribution >= 0.6 is 15.9 Å². The van der Waals surface area contributed by atoms with Gasteiger partial charge in [0.05, 0.1) is 6.61 Å². The smallest absolute Gasteiger partial charge is 0.127 e. The summed E-state index contributed by atoms with van der Waals surface area (Å²) in [4.78, 5) is 2.57. The molecule has 3 nitrogen and oxygen atoms in total. The Hall–Kier alpha value is -0.580. The third-order valence-corrected chi connectivity index (χ3v) is 5.30. The standard InChI is InChI=1S/C17H25BrN2O/c1-3-12(2)16-11-20(6-5-19-16)10-14-9-15(18)8-13-4-7-21-17(13)14/h8-9,12,16,19H,3-7,10-11H2,1-2H3. The van der Waals surface area contributed by atoms with Gasteiger partial charge in [-0.1, -0.05) is 36.2 Å². The summed E-state index contributed by atoms with van der Waals surface area (Å²) in [5, 5.41) is 3.67. The van der Waals surface area contributed by atoms with Crippen molar-refractivity contribution in [2.75, 3.05) is 26.2 Å². The Morgan fingerprint density at radius 1 is 1.48 bits per heavy atom. The van der Waals surface area contributed by atoms with Crippen molar-refractivity contribution in [1.29, 1.82) is 0 Å². The summed E-state index contributed by atoms with van der Waals surface area (Å²) >= 11 is 3.64. The number of nitrogens with one attached hydrogen (secondary N) is 1. The number of hydrogen-bond acceptors (Lipinski definition) is 3. The van der Waals surface area contributed by atoms with E-state index >= 15 is 0 Å². The zero-order valence-corrected chi connectivity index (χ0v) is 14.6. The first-order valence-electron chi connectivity index (χ1n) is 8.07. The van der Waals surface area contributed by atoms with Crippen molar-refractivity contribution in [2.24, 2.45) is 5.92 Å². The first kappa shape index (κ1) is 15.3. The third kappa shape index (κ3) is 3.43. The molecule has 1 aromatic rings. The van der Waals surface area contributed by atoms with Crippen molar-refractivity contribution in [3.63, 3.8) is 0 Å². The number of hydrogen-bond donors (Lipinski definition) is 1. The molecule has 2 heterocycles. The average molecular weight is 353 g/mol. The largest absolute Gasteiger partial charge is 0.493 e. The topological polar surface area (TPSA) is 24.5 Å². The predicted octanol–water partition coefficient (Wildman–Crippen LogP) is 3.20. The Bertz CT molecular complexity index is 506. The molecule has 3 rings (SSSR count). The Kier molecular flexibility index (Phi) is 4.87. The highest BCUT2D eigenvalue weighted by Gasteiger charge is 2.25. The van der Waals surface area contributed by atoms with Gasteiger partial charge in [-0.05, 0) is 23.6 Å². The quantitative estimate of drug-likeness (QED) is 0.900. The number of ether oxygens (including phenoxy) is 1. The summed E-state index contributed by atoms with van der Waals surface area (Å²) in [6.45, 7) is 9.80. The van der Waals surface area contributed by atoms with Crippen LogP contribution in [0.5, 0.6) is 5.75 Å². The van der Waals surface area contributed by atoms with Gasteiger partial charge in [-0.2, -0.15) is 0 Å². The molecule has 21 heavy (non-hydrogen) atoms. The summed E-state index contributed by atoms with van der Waals surface area (Å²) in [7, 11) is 0. The van der Waals surface area contributed by atoms with Gasteiger partial charge < -0.3 is 10.1 Å². The molecule has 0 aromatic heterocycles. The van der Waals surface area contributed by atoms with E-state index in [1.54, 1.807) is 0 Å². The van der Waals surface area contributed by atoms with Gasteiger partial charge in [0.1, 0.15) is 5.75 Å². The maximum absolute atomic E-state index is 5.86. The first-order chi connectivity index (χ1) is 10.2. The van der Waals surface area contributed by atoms with Gasteiger partial charge in [0, 0.05) is 48.7 Å². The lowest BCUT2D eigenvalue weighted by Crippen LogP contribution is -2.52. The second-order valence-electron chi connectivity index (χ2n) is 6.33. The molecule has 0 bridgehead atoms. The molecule has 1 N–H and O–H groups in total. The van der Waals surface area contributed by atoms with Crippen LogP contribution in [-0.4, -0.2) is 37.2 Å². The van der Waals surface area contributed by atoms with E-state index < -0.39 is 0 Å². The van der Waals surface area contributed by atoms with Gasteiger partial charge in [-0.3, -0.25) is 4.90 Å². The van der Waals surface area contributed by atoms with Gasteiger partial charge in [0.2, 0.25) is 0 Å². The van der Waals surface area contributed by atoms with E-state index in [0.29, 0.717) is 6.04 Å². The van der Waals surface area contributed by atoms with Gasteiger partial charge in [0.15, 0.2) is 0 Å². The van der Waals surface area contributed by atoms with E-state index in [-0.39, 0.29) is 0 Å². The SMILES string of the molecule is CCC(C)C1CN(Cc2cc(Br)cc3c2OCC3)CCN1. The Morgan fingerprint density at radius 3 is 3.14 bits per heavy atom. The molecule has 2 aliphatic heterocycles. The van der Waals surface area contributed by atoms with Crippen molar-refractivity contribution >= 4 is 15.9 Å². The minimum absolute atomic E-state index is 0.616. The number of fused-ring (bicyclic) bond motifs is 1. The average Bonchev–Trinajstić information content (AvgIpc) is 2.95. The van der Waals surface area contributed by atoms with E-state index in [0.717, 1.165) is 50.9 Å². The predicted molar refractivity (Wildman–Crippen MR) is 89.9 cm³/mol. The minimum Gasteiger partial charge on any atom is -0.493 e. The summed E-state index contributed by atoms with van der Waals surface area (Å²) < 4.78 is 7.03. The highest BCUT2D eigenvalue weighted by atomic mass is 79.9. The molecule has 2 unspecified atom stereocenters. The monoisotopic (exact) mass is 352 g/mol. The summed E-state index contributed by atoms with van der Waals surface area (Å²) in [6, 6.07) is 5.04. The van der Waals surface area contributed by atoms with E-state index in [4.69, 9.17) is 4.74 Å². The zero-order valence-electron chi connectivity index (χ0n) is 13.0. The molecule has 4 heteroatoms. The molecular formula is C17H25BrN2O. The van der Waals surface area contributed by atoms with Crippen LogP contribution in [0.15, 0.2) is 16.6 Å². The van der Waals surface area contributed by atoms with E-state index in [1.165, 1.54) is 22.0 Å². The normalized spacial score (nSPS) is 23.7. The molecule has 116 valence electrons. The molecule has 2 atom stereocenters. The maximum Gasteiger partial charge on any atom is 0.127 e. The maximum atomic E-state index is 5.86. The zero-order chi connectivity index (χ0) is 14.8. The summed E-state index contributed by atoms with van der Waals surface area (Å²) in [5.41, 5.74) is 2.69. The molecule has 0 saturated carbocycles. The Morgan fingerprint density at radius 2 is 2.33 bits per heavy atom. The number of piperazine rings is 1. The van der Waals surface area contributed by atoms with Gasteiger partial charge in [-0.25, -0.2) is 0 Å². The molecule has 1 saturated heterocycles. The third-order valence-electron chi connectivity index (χ3n) is 4.84. The summed E-state index contributed by atoms with van der Waals surface area (Å²) in [6.07, 6.45) is 2.28. The molecule has 2 aliphatic rings. The van der Waals surface area contributed by atoms with Crippen LogP contribution in [0.3, 0.4) is 0 Å². The first-order valence-corrected chi connectivity index (χ1v) is 8.86. The second-order valence-corrected chi connectivity index (χ2v) is 7.25. The fourth-order valence-corrected chi connectivity index (χ4v) is 3.91. The Labute approximate surface area is 136 Å². The van der Waals surface area contributed by atoms with Crippen LogP contribution < -0.4 is 10.1 Å². The molecule has 0 radical (unpaired) electrons. The molecule has 0 spiro atoms. The Balaban J connectivity index is 1.72. The number of rotatable bonds is 4. The molecule has 0 aliphatic carbocycles. The number of benzene rings is 1.